The van der Waals surface area contributed by atoms with Gasteiger partial charge in [-0.25, -0.2) is 4.98 Å². The second kappa shape index (κ2) is 10.2. The van der Waals surface area contributed by atoms with Crippen LogP contribution in [0.5, 0.6) is 5.75 Å². The first-order chi connectivity index (χ1) is 15.9. The molecule has 1 unspecified atom stereocenters. The lowest BCUT2D eigenvalue weighted by Crippen LogP contribution is -2.28. The van der Waals surface area contributed by atoms with Gasteiger partial charge in [-0.2, -0.15) is 13.4 Å². The van der Waals surface area contributed by atoms with Gasteiger partial charge in [0.25, 0.3) is 11.8 Å². The molecule has 2 heterocycles. The average molecular weight is 491 g/mol. The number of nitrogens with two attached hydrogens (primary N) is 1. The van der Waals surface area contributed by atoms with Gasteiger partial charge in [0.15, 0.2) is 5.75 Å². The molecular weight excluding hydrogens is 460 g/mol. The van der Waals surface area contributed by atoms with E-state index in [9.17, 15) is 18.0 Å². The topological polar surface area (TPSA) is 157 Å². The number of likely N-dealkylation sites (tertiary alicyclic amines) is 1. The summed E-state index contributed by atoms with van der Waals surface area (Å²) in [6, 6.07) is 4.51. The van der Waals surface area contributed by atoms with E-state index in [1.165, 1.54) is 18.3 Å². The highest BCUT2D eigenvalue weighted by Crippen LogP contribution is 2.29. The van der Waals surface area contributed by atoms with Gasteiger partial charge in [0, 0.05) is 37.1 Å². The molecule has 12 heteroatoms. The molecule has 4 N–H and O–H groups in total. The molecule has 0 spiro atoms. The zero-order chi connectivity index (χ0) is 25.0. The molecule has 3 rings (SSSR count). The summed E-state index contributed by atoms with van der Waals surface area (Å²) in [5.74, 6) is -0.363. The van der Waals surface area contributed by atoms with Crippen LogP contribution < -0.4 is 20.6 Å². The normalized spacial score (nSPS) is 14.7. The molecule has 0 bridgehead atoms. The number of amides is 2. The number of benzene rings is 1. The molecule has 1 aromatic heterocycles. The molecule has 34 heavy (non-hydrogen) atoms. The van der Waals surface area contributed by atoms with Crippen molar-refractivity contribution in [3.63, 3.8) is 0 Å². The number of carbonyl (C=O) groups excluding carboxylic acids is 2. The lowest BCUT2D eigenvalue weighted by molar-refractivity contribution is 0.0791. The number of primary amides is 1. The molecular formula is C22H30N6O5S. The van der Waals surface area contributed by atoms with E-state index in [1.54, 1.807) is 11.0 Å². The van der Waals surface area contributed by atoms with E-state index < -0.39 is 16.0 Å². The van der Waals surface area contributed by atoms with Crippen LogP contribution in [0.2, 0.25) is 0 Å². The van der Waals surface area contributed by atoms with Gasteiger partial charge in [-0.3, -0.25) is 9.59 Å². The van der Waals surface area contributed by atoms with Crippen molar-refractivity contribution in [3.05, 3.63) is 35.5 Å². The highest BCUT2D eigenvalue weighted by molar-refractivity contribution is 7.86. The van der Waals surface area contributed by atoms with Gasteiger partial charge in [0.2, 0.25) is 5.95 Å². The zero-order valence-electron chi connectivity index (χ0n) is 19.7. The van der Waals surface area contributed by atoms with Gasteiger partial charge in [-0.05, 0) is 37.8 Å². The third-order valence-corrected chi connectivity index (χ3v) is 6.00. The van der Waals surface area contributed by atoms with Crippen molar-refractivity contribution in [1.82, 2.24) is 14.9 Å². The number of nitrogens with one attached hydrogen (secondary N) is 2. The van der Waals surface area contributed by atoms with Gasteiger partial charge in [0.05, 0.1) is 17.4 Å². The van der Waals surface area contributed by atoms with Crippen LogP contribution in [0.3, 0.4) is 0 Å². The van der Waals surface area contributed by atoms with Crippen molar-refractivity contribution >= 4 is 39.4 Å². The van der Waals surface area contributed by atoms with E-state index in [-0.39, 0.29) is 46.5 Å². The fourth-order valence-electron chi connectivity index (χ4n) is 3.34. The molecule has 2 amide bonds. The molecule has 0 aliphatic carbocycles. The maximum atomic E-state index is 12.9. The number of rotatable bonds is 9. The summed E-state index contributed by atoms with van der Waals surface area (Å²) in [5, 5.41) is 6.13. The average Bonchev–Trinajstić information content (AvgIpc) is 3.27. The summed E-state index contributed by atoms with van der Waals surface area (Å²) in [6.45, 7) is 7.23. The summed E-state index contributed by atoms with van der Waals surface area (Å²) in [4.78, 5) is 34.9. The van der Waals surface area contributed by atoms with Crippen molar-refractivity contribution < 1.29 is 22.2 Å². The van der Waals surface area contributed by atoms with E-state index in [4.69, 9.17) is 9.92 Å². The summed E-state index contributed by atoms with van der Waals surface area (Å²) >= 11 is 0. The Hall–Kier alpha value is -3.41. The summed E-state index contributed by atoms with van der Waals surface area (Å²) in [5.41, 5.74) is 6.14. The summed E-state index contributed by atoms with van der Waals surface area (Å²) in [7, 11) is -3.88. The fourth-order valence-corrected chi connectivity index (χ4v) is 3.81. The Kier molecular flexibility index (Phi) is 7.60. The van der Waals surface area contributed by atoms with Gasteiger partial charge >= 0.3 is 10.1 Å². The van der Waals surface area contributed by atoms with E-state index >= 15 is 0 Å². The Morgan fingerprint density at radius 3 is 2.41 bits per heavy atom. The van der Waals surface area contributed by atoms with Crippen molar-refractivity contribution in [1.29, 1.82) is 0 Å². The third kappa shape index (κ3) is 6.34. The molecule has 2 aromatic rings. The molecule has 1 aromatic carbocycles. The minimum atomic E-state index is -3.88. The molecule has 0 saturated carbocycles. The van der Waals surface area contributed by atoms with Crippen LogP contribution in [0.1, 0.15) is 54.3 Å². The second-order valence-electron chi connectivity index (χ2n) is 8.62. The highest BCUT2D eigenvalue weighted by atomic mass is 32.2. The number of hydrogen-bond acceptors (Lipinski definition) is 9. The summed E-state index contributed by atoms with van der Waals surface area (Å²) in [6.07, 6.45) is 4.03. The number of carbonyl (C=O) groups is 2. The Bertz CT molecular complexity index is 1180. The van der Waals surface area contributed by atoms with E-state index in [1.807, 2.05) is 20.8 Å². The van der Waals surface area contributed by atoms with E-state index in [0.717, 1.165) is 19.1 Å². The molecule has 1 aliphatic heterocycles. The van der Waals surface area contributed by atoms with Crippen LogP contribution in [0.25, 0.3) is 0 Å². The Labute approximate surface area is 199 Å². The van der Waals surface area contributed by atoms with Gasteiger partial charge in [-0.15, -0.1) is 0 Å². The Balaban J connectivity index is 1.93. The summed E-state index contributed by atoms with van der Waals surface area (Å²) < 4.78 is 28.8. The maximum Gasteiger partial charge on any atom is 0.306 e. The number of anilines is 3. The van der Waals surface area contributed by atoms with Crippen LogP contribution >= 0.6 is 0 Å². The molecule has 184 valence electrons. The molecule has 0 radical (unpaired) electrons. The smallest absolute Gasteiger partial charge is 0.306 e. The molecule has 1 fully saturated rings. The standard InChI is InChI=1S/C22H30N6O5S/c1-13(2)14(3)25-20-17(19(23)29)12-24-22(27-20)26-15-7-8-16(18(11-15)33-34(4,31)32)21(30)28-9-5-6-10-28/h7-8,11-14H,5-6,9-10H2,1-4H3,(H2,23,29)(H2,24,25,26,27). The Morgan fingerprint density at radius 1 is 1.15 bits per heavy atom. The molecule has 1 saturated heterocycles. The van der Waals surface area contributed by atoms with Gasteiger partial charge in [-0.1, -0.05) is 13.8 Å². The first-order valence-corrected chi connectivity index (χ1v) is 12.8. The minimum Gasteiger partial charge on any atom is -0.382 e. The van der Waals surface area contributed by atoms with E-state index in [0.29, 0.717) is 18.8 Å². The number of hydrogen-bond donors (Lipinski definition) is 3. The maximum absolute atomic E-state index is 12.9. The van der Waals surface area contributed by atoms with Crippen LogP contribution in [-0.4, -0.2) is 60.5 Å². The zero-order valence-corrected chi connectivity index (χ0v) is 20.5. The quantitative estimate of drug-likeness (QED) is 0.449. The van der Waals surface area contributed by atoms with Crippen LogP contribution in [0, 0.1) is 5.92 Å². The van der Waals surface area contributed by atoms with Crippen molar-refractivity contribution in [3.8, 4) is 5.75 Å². The predicted molar refractivity (Wildman–Crippen MR) is 129 cm³/mol. The monoisotopic (exact) mass is 490 g/mol. The van der Waals surface area contributed by atoms with Crippen LogP contribution in [-0.2, 0) is 10.1 Å². The lowest BCUT2D eigenvalue weighted by Gasteiger charge is -2.20. The predicted octanol–water partition coefficient (Wildman–Crippen LogP) is 2.35. The van der Waals surface area contributed by atoms with Crippen LogP contribution in [0.15, 0.2) is 24.4 Å². The van der Waals surface area contributed by atoms with Crippen molar-refractivity contribution in [2.45, 2.75) is 39.7 Å². The molecule has 11 nitrogen and oxygen atoms in total. The first-order valence-electron chi connectivity index (χ1n) is 11.0. The lowest BCUT2D eigenvalue weighted by atomic mass is 10.1. The Morgan fingerprint density at radius 2 is 1.82 bits per heavy atom. The van der Waals surface area contributed by atoms with Gasteiger partial charge in [0.1, 0.15) is 5.82 Å². The van der Waals surface area contributed by atoms with Crippen molar-refractivity contribution in [2.75, 3.05) is 30.0 Å². The largest absolute Gasteiger partial charge is 0.382 e. The van der Waals surface area contributed by atoms with Gasteiger partial charge < -0.3 is 25.5 Å². The highest BCUT2D eigenvalue weighted by Gasteiger charge is 2.24. The molecule has 1 aliphatic rings. The van der Waals surface area contributed by atoms with E-state index in [2.05, 4.69) is 20.6 Å². The number of aromatic nitrogens is 2. The number of nitrogens with zero attached hydrogens (tertiary/aromatic N) is 3. The first kappa shape index (κ1) is 25.2. The van der Waals surface area contributed by atoms with Crippen molar-refractivity contribution in [2.24, 2.45) is 11.7 Å². The minimum absolute atomic E-state index is 0.00602. The second-order valence-corrected chi connectivity index (χ2v) is 10.2. The molecule has 1 atom stereocenters. The SMILES string of the molecule is CC(C)C(C)Nc1nc(Nc2ccc(C(=O)N3CCCC3)c(OS(C)(=O)=O)c2)ncc1C(N)=O. The third-order valence-electron chi connectivity index (χ3n) is 5.52. The van der Waals surface area contributed by atoms with Crippen LogP contribution in [0.4, 0.5) is 17.5 Å². The fraction of sp³-hybridized carbons (Fsp3) is 0.455.